The molecule has 0 amide bonds. The van der Waals surface area contributed by atoms with Crippen molar-refractivity contribution in [1.29, 1.82) is 0 Å². The molecule has 1 aromatic heterocycles. The number of hydrogen-bond acceptors (Lipinski definition) is 4. The monoisotopic (exact) mass is 154 g/mol. The Labute approximate surface area is 64.9 Å². The molecule has 1 heterocycles. The van der Waals surface area contributed by atoms with Crippen LogP contribution in [0.1, 0.15) is 12.6 Å². The summed E-state index contributed by atoms with van der Waals surface area (Å²) < 4.78 is 5.02. The molecule has 0 unspecified atom stereocenters. The Bertz CT molecular complexity index is 227. The molecule has 0 radical (unpaired) electrons. The van der Waals surface area contributed by atoms with E-state index in [-0.39, 0.29) is 6.61 Å². The molecule has 0 aliphatic carbocycles. The van der Waals surface area contributed by atoms with Crippen LogP contribution in [0.25, 0.3) is 0 Å². The van der Waals surface area contributed by atoms with Crippen LogP contribution in [0.2, 0.25) is 0 Å². The van der Waals surface area contributed by atoms with Crippen LogP contribution in [0.3, 0.4) is 0 Å². The average molecular weight is 154 g/mol. The maximum Gasteiger partial charge on any atom is 0.316 e. The van der Waals surface area contributed by atoms with Gasteiger partial charge in [0.15, 0.2) is 0 Å². The Morgan fingerprint density at radius 3 is 3.09 bits per heavy atom. The van der Waals surface area contributed by atoms with E-state index in [1.165, 1.54) is 0 Å². The maximum absolute atomic E-state index is 8.68. The van der Waals surface area contributed by atoms with Crippen molar-refractivity contribution in [3.63, 3.8) is 0 Å². The Balaban J connectivity index is 2.74. The summed E-state index contributed by atoms with van der Waals surface area (Å²) in [5.41, 5.74) is 0.573. The van der Waals surface area contributed by atoms with E-state index in [4.69, 9.17) is 9.84 Å². The number of aliphatic hydroxyl groups excluding tert-OH is 1. The van der Waals surface area contributed by atoms with Gasteiger partial charge in [0, 0.05) is 6.20 Å². The second-order valence-electron chi connectivity index (χ2n) is 1.92. The van der Waals surface area contributed by atoms with Crippen LogP contribution in [0.5, 0.6) is 6.01 Å². The lowest BCUT2D eigenvalue weighted by Crippen LogP contribution is -1.99. The van der Waals surface area contributed by atoms with Crippen molar-refractivity contribution in [2.24, 2.45) is 0 Å². The highest BCUT2D eigenvalue weighted by atomic mass is 16.5. The molecule has 1 rings (SSSR count). The smallest absolute Gasteiger partial charge is 0.316 e. The summed E-state index contributed by atoms with van der Waals surface area (Å²) in [6.07, 6.45) is 1.56. The third-order valence-electron chi connectivity index (χ3n) is 1.13. The zero-order chi connectivity index (χ0) is 8.10. The van der Waals surface area contributed by atoms with Crippen molar-refractivity contribution in [1.82, 2.24) is 9.97 Å². The number of hydrogen-bond donors (Lipinski definition) is 1. The minimum Gasteiger partial charge on any atom is -0.464 e. The topological polar surface area (TPSA) is 55.2 Å². The van der Waals surface area contributed by atoms with Gasteiger partial charge in [-0.05, 0) is 13.0 Å². The van der Waals surface area contributed by atoms with Crippen LogP contribution in [0.4, 0.5) is 0 Å². The Kier molecular flexibility index (Phi) is 2.80. The number of aromatic nitrogens is 2. The third kappa shape index (κ3) is 2.16. The van der Waals surface area contributed by atoms with E-state index in [0.29, 0.717) is 18.3 Å². The fourth-order valence-electron chi connectivity index (χ4n) is 0.663. The lowest BCUT2D eigenvalue weighted by atomic mass is 10.4. The van der Waals surface area contributed by atoms with Gasteiger partial charge in [-0.15, -0.1) is 0 Å². The molecule has 0 aromatic carbocycles. The number of nitrogens with zero attached hydrogens (tertiary/aromatic N) is 2. The molecule has 1 aromatic rings. The molecule has 1 N–H and O–H groups in total. The molecule has 0 saturated carbocycles. The van der Waals surface area contributed by atoms with Gasteiger partial charge < -0.3 is 9.84 Å². The predicted octanol–water partition coefficient (Wildman–Crippen LogP) is 0.368. The minimum absolute atomic E-state index is 0.0808. The van der Waals surface area contributed by atoms with E-state index in [0.717, 1.165) is 0 Å². The van der Waals surface area contributed by atoms with Crippen molar-refractivity contribution in [3.8, 4) is 6.01 Å². The number of rotatable bonds is 3. The van der Waals surface area contributed by atoms with Crippen LogP contribution in [0.15, 0.2) is 12.3 Å². The first-order chi connectivity index (χ1) is 5.36. The molecule has 4 nitrogen and oxygen atoms in total. The largest absolute Gasteiger partial charge is 0.464 e. The molecule has 11 heavy (non-hydrogen) atoms. The van der Waals surface area contributed by atoms with Gasteiger partial charge in [0.05, 0.1) is 18.9 Å². The highest BCUT2D eigenvalue weighted by Gasteiger charge is 1.96. The van der Waals surface area contributed by atoms with Crippen molar-refractivity contribution in [3.05, 3.63) is 18.0 Å². The molecular weight excluding hydrogens is 144 g/mol. The molecular formula is C7H10N2O2. The molecule has 0 fully saturated rings. The summed E-state index contributed by atoms with van der Waals surface area (Å²) in [6, 6.07) is 1.96. The SMILES string of the molecule is CCOc1nccc(CO)n1. The van der Waals surface area contributed by atoms with Gasteiger partial charge in [-0.25, -0.2) is 4.98 Å². The van der Waals surface area contributed by atoms with Crippen molar-refractivity contribution >= 4 is 0 Å². The van der Waals surface area contributed by atoms with Crippen LogP contribution in [-0.2, 0) is 6.61 Å². The lowest BCUT2D eigenvalue weighted by molar-refractivity contribution is 0.268. The molecule has 60 valence electrons. The van der Waals surface area contributed by atoms with Gasteiger partial charge in [0.1, 0.15) is 0 Å². The highest BCUT2D eigenvalue weighted by Crippen LogP contribution is 2.01. The van der Waals surface area contributed by atoms with Crippen LogP contribution in [0, 0.1) is 0 Å². The second-order valence-corrected chi connectivity index (χ2v) is 1.92. The quantitative estimate of drug-likeness (QED) is 0.683. The number of ether oxygens (including phenoxy) is 1. The fourth-order valence-corrected chi connectivity index (χ4v) is 0.663. The second kappa shape index (κ2) is 3.88. The first-order valence-electron chi connectivity index (χ1n) is 3.42. The van der Waals surface area contributed by atoms with Gasteiger partial charge >= 0.3 is 6.01 Å². The van der Waals surface area contributed by atoms with Crippen LogP contribution in [-0.4, -0.2) is 21.7 Å². The first kappa shape index (κ1) is 7.94. The van der Waals surface area contributed by atoms with Crippen LogP contribution < -0.4 is 4.74 Å². The van der Waals surface area contributed by atoms with E-state index < -0.39 is 0 Å². The summed E-state index contributed by atoms with van der Waals surface area (Å²) in [5, 5.41) is 8.68. The Hall–Kier alpha value is -1.16. The minimum atomic E-state index is -0.0808. The first-order valence-corrected chi connectivity index (χ1v) is 3.42. The van der Waals surface area contributed by atoms with Gasteiger partial charge in [0.25, 0.3) is 0 Å². The fraction of sp³-hybridized carbons (Fsp3) is 0.429. The molecule has 4 heteroatoms. The lowest BCUT2D eigenvalue weighted by Gasteiger charge is -2.00. The predicted molar refractivity (Wildman–Crippen MR) is 39.1 cm³/mol. The molecule has 0 spiro atoms. The van der Waals surface area contributed by atoms with E-state index in [9.17, 15) is 0 Å². The Morgan fingerprint density at radius 2 is 2.45 bits per heavy atom. The average Bonchev–Trinajstić information content (AvgIpc) is 2.06. The van der Waals surface area contributed by atoms with Gasteiger partial charge in [-0.2, -0.15) is 4.98 Å². The third-order valence-corrected chi connectivity index (χ3v) is 1.13. The summed E-state index contributed by atoms with van der Waals surface area (Å²) in [4.78, 5) is 7.73. The zero-order valence-corrected chi connectivity index (χ0v) is 6.32. The summed E-state index contributed by atoms with van der Waals surface area (Å²) in [5.74, 6) is 0. The molecule has 0 bridgehead atoms. The molecule has 0 atom stereocenters. The van der Waals surface area contributed by atoms with E-state index in [1.54, 1.807) is 12.3 Å². The van der Waals surface area contributed by atoms with Crippen molar-refractivity contribution in [2.75, 3.05) is 6.61 Å². The standard InChI is InChI=1S/C7H10N2O2/c1-2-11-7-8-4-3-6(5-10)9-7/h3-4,10H,2,5H2,1H3. The van der Waals surface area contributed by atoms with Gasteiger partial charge in [0.2, 0.25) is 0 Å². The maximum atomic E-state index is 8.68. The van der Waals surface area contributed by atoms with Gasteiger partial charge in [-0.3, -0.25) is 0 Å². The van der Waals surface area contributed by atoms with E-state index >= 15 is 0 Å². The van der Waals surface area contributed by atoms with Crippen LogP contribution >= 0.6 is 0 Å². The number of aliphatic hydroxyl groups is 1. The zero-order valence-electron chi connectivity index (χ0n) is 6.32. The van der Waals surface area contributed by atoms with E-state index in [1.807, 2.05) is 6.92 Å². The summed E-state index contributed by atoms with van der Waals surface area (Å²) in [7, 11) is 0. The van der Waals surface area contributed by atoms with Crippen molar-refractivity contribution < 1.29 is 9.84 Å². The molecule has 0 saturated heterocycles. The Morgan fingerprint density at radius 1 is 1.64 bits per heavy atom. The normalized spacial score (nSPS) is 9.64. The molecule has 0 aliphatic heterocycles. The summed E-state index contributed by atoms with van der Waals surface area (Å²) in [6.45, 7) is 2.31. The molecule has 0 aliphatic rings. The van der Waals surface area contributed by atoms with Gasteiger partial charge in [-0.1, -0.05) is 0 Å². The summed E-state index contributed by atoms with van der Waals surface area (Å²) >= 11 is 0. The van der Waals surface area contributed by atoms with Crippen molar-refractivity contribution in [2.45, 2.75) is 13.5 Å². The highest BCUT2D eigenvalue weighted by molar-refractivity contribution is 5.03. The van der Waals surface area contributed by atoms with E-state index in [2.05, 4.69) is 9.97 Å².